The Hall–Kier alpha value is -1.55. The Balaban J connectivity index is 2.01. The van der Waals surface area contributed by atoms with E-state index in [1.54, 1.807) is 12.1 Å². The Morgan fingerprint density at radius 3 is 3.07 bits per heavy atom. The molecule has 0 radical (unpaired) electrons. The molecule has 0 aromatic heterocycles. The molecule has 15 heavy (non-hydrogen) atoms. The molecule has 1 amide bonds. The van der Waals surface area contributed by atoms with E-state index in [0.717, 1.165) is 6.42 Å². The highest BCUT2D eigenvalue weighted by molar-refractivity contribution is 5.94. The largest absolute Gasteiger partial charge is 0.508 e. The van der Waals surface area contributed by atoms with Crippen molar-refractivity contribution in [3.63, 3.8) is 0 Å². The van der Waals surface area contributed by atoms with Gasteiger partial charge in [-0.1, -0.05) is 6.07 Å². The van der Waals surface area contributed by atoms with Crippen molar-refractivity contribution >= 4 is 5.91 Å². The molecular weight excluding hydrogens is 194 g/mol. The van der Waals surface area contributed by atoms with Crippen molar-refractivity contribution in [2.45, 2.75) is 12.5 Å². The molecule has 1 heterocycles. The highest BCUT2D eigenvalue weighted by Gasteiger charge is 2.18. The van der Waals surface area contributed by atoms with Gasteiger partial charge < -0.3 is 15.2 Å². The summed E-state index contributed by atoms with van der Waals surface area (Å²) in [6.45, 7) is 1.27. The number of phenols is 1. The van der Waals surface area contributed by atoms with E-state index in [9.17, 15) is 9.90 Å². The maximum absolute atomic E-state index is 11.7. The summed E-state index contributed by atoms with van der Waals surface area (Å²) in [5.41, 5.74) is 0.474. The number of hydrogen-bond donors (Lipinski definition) is 2. The number of carbonyl (C=O) groups excluding carboxylic acids is 1. The lowest BCUT2D eigenvalue weighted by Crippen LogP contribution is -2.34. The van der Waals surface area contributed by atoms with Crippen LogP contribution >= 0.6 is 0 Å². The van der Waals surface area contributed by atoms with Gasteiger partial charge in [-0.05, 0) is 24.6 Å². The van der Waals surface area contributed by atoms with Gasteiger partial charge in [-0.2, -0.15) is 0 Å². The predicted octanol–water partition coefficient (Wildman–Crippen LogP) is 0.911. The zero-order valence-electron chi connectivity index (χ0n) is 8.27. The molecule has 0 unspecified atom stereocenters. The molecular formula is C11H13NO3. The second-order valence-electron chi connectivity index (χ2n) is 3.58. The van der Waals surface area contributed by atoms with Crippen LogP contribution in [0, 0.1) is 0 Å². The minimum absolute atomic E-state index is 0.0971. The van der Waals surface area contributed by atoms with Crippen molar-refractivity contribution in [1.82, 2.24) is 5.32 Å². The minimum Gasteiger partial charge on any atom is -0.508 e. The molecule has 1 aromatic carbocycles. The molecule has 1 atom stereocenters. The van der Waals surface area contributed by atoms with Gasteiger partial charge in [0.2, 0.25) is 0 Å². The lowest BCUT2D eigenvalue weighted by atomic mass is 10.2. The molecule has 1 aliphatic rings. The van der Waals surface area contributed by atoms with Crippen LogP contribution in [0.4, 0.5) is 0 Å². The fourth-order valence-electron chi connectivity index (χ4n) is 1.56. The summed E-state index contributed by atoms with van der Waals surface area (Å²) in [7, 11) is 0. The Bertz CT molecular complexity index is 359. The number of hydrogen-bond acceptors (Lipinski definition) is 3. The second kappa shape index (κ2) is 4.31. The Morgan fingerprint density at radius 1 is 1.53 bits per heavy atom. The van der Waals surface area contributed by atoms with Gasteiger partial charge in [-0.3, -0.25) is 4.79 Å². The average Bonchev–Trinajstić information content (AvgIpc) is 2.70. The first-order valence-corrected chi connectivity index (χ1v) is 4.93. The van der Waals surface area contributed by atoms with E-state index in [1.807, 2.05) is 0 Å². The molecule has 1 saturated heterocycles. The molecule has 1 fully saturated rings. The number of rotatable bonds is 2. The van der Waals surface area contributed by atoms with Crippen LogP contribution < -0.4 is 5.32 Å². The normalized spacial score (nSPS) is 20.1. The smallest absolute Gasteiger partial charge is 0.251 e. The average molecular weight is 207 g/mol. The number of nitrogens with one attached hydrogen (secondary N) is 1. The van der Waals surface area contributed by atoms with Crippen LogP contribution in [-0.2, 0) is 4.74 Å². The van der Waals surface area contributed by atoms with Crippen LogP contribution in [0.3, 0.4) is 0 Å². The number of carbonyl (C=O) groups is 1. The van der Waals surface area contributed by atoms with Gasteiger partial charge in [0.25, 0.3) is 5.91 Å². The van der Waals surface area contributed by atoms with E-state index in [4.69, 9.17) is 4.74 Å². The maximum Gasteiger partial charge on any atom is 0.251 e. The molecule has 0 aliphatic carbocycles. The van der Waals surface area contributed by atoms with Crippen molar-refractivity contribution in [3.05, 3.63) is 29.8 Å². The van der Waals surface area contributed by atoms with Crippen molar-refractivity contribution in [1.29, 1.82) is 0 Å². The molecule has 0 saturated carbocycles. The third-order valence-corrected chi connectivity index (χ3v) is 2.37. The molecule has 2 rings (SSSR count). The van der Waals surface area contributed by atoms with E-state index >= 15 is 0 Å². The van der Waals surface area contributed by atoms with Crippen molar-refractivity contribution in [3.8, 4) is 5.75 Å². The molecule has 1 aliphatic heterocycles. The van der Waals surface area contributed by atoms with Crippen molar-refractivity contribution in [2.75, 3.05) is 13.2 Å². The van der Waals surface area contributed by atoms with Crippen LogP contribution in [0.5, 0.6) is 5.75 Å². The summed E-state index contributed by atoms with van der Waals surface area (Å²) in [4.78, 5) is 11.7. The Labute approximate surface area is 87.9 Å². The monoisotopic (exact) mass is 207 g/mol. The highest BCUT2D eigenvalue weighted by Crippen LogP contribution is 2.11. The number of aromatic hydroxyl groups is 1. The summed E-state index contributed by atoms with van der Waals surface area (Å²) in [5.74, 6) is -0.0632. The topological polar surface area (TPSA) is 58.6 Å². The zero-order chi connectivity index (χ0) is 10.7. The van der Waals surface area contributed by atoms with Crippen LogP contribution in [0.2, 0.25) is 0 Å². The number of amides is 1. The van der Waals surface area contributed by atoms with Gasteiger partial charge in [-0.25, -0.2) is 0 Å². The fourth-order valence-corrected chi connectivity index (χ4v) is 1.56. The first-order valence-electron chi connectivity index (χ1n) is 4.93. The second-order valence-corrected chi connectivity index (χ2v) is 3.58. The van der Waals surface area contributed by atoms with Crippen LogP contribution in [-0.4, -0.2) is 30.3 Å². The molecule has 4 heteroatoms. The maximum atomic E-state index is 11.7. The molecule has 2 N–H and O–H groups in total. The van der Waals surface area contributed by atoms with Crippen LogP contribution in [0.1, 0.15) is 16.8 Å². The lowest BCUT2D eigenvalue weighted by molar-refractivity contribution is 0.0929. The molecule has 4 nitrogen and oxygen atoms in total. The predicted molar refractivity (Wildman–Crippen MR) is 54.8 cm³/mol. The number of ether oxygens (including phenoxy) is 1. The van der Waals surface area contributed by atoms with Gasteiger partial charge in [0, 0.05) is 12.2 Å². The standard InChI is InChI=1S/C11H13NO3/c13-10-3-1-2-8(6-10)11(14)12-9-4-5-15-7-9/h1-3,6,9,13H,4-5,7H2,(H,12,14)/t9-/m0/s1. The molecule has 80 valence electrons. The van der Waals surface area contributed by atoms with Gasteiger partial charge in [-0.15, -0.1) is 0 Å². The fraction of sp³-hybridized carbons (Fsp3) is 0.364. The Morgan fingerprint density at radius 2 is 2.40 bits per heavy atom. The first kappa shape index (κ1) is 9.98. The lowest BCUT2D eigenvalue weighted by Gasteiger charge is -2.10. The number of benzene rings is 1. The van der Waals surface area contributed by atoms with Gasteiger partial charge in [0.1, 0.15) is 5.75 Å². The van der Waals surface area contributed by atoms with Crippen LogP contribution in [0.25, 0.3) is 0 Å². The first-order chi connectivity index (χ1) is 7.25. The quantitative estimate of drug-likeness (QED) is 0.757. The molecule has 0 spiro atoms. The van der Waals surface area contributed by atoms with Gasteiger partial charge in [0.05, 0.1) is 12.6 Å². The van der Waals surface area contributed by atoms with Crippen molar-refractivity contribution < 1.29 is 14.6 Å². The van der Waals surface area contributed by atoms with Crippen molar-refractivity contribution in [2.24, 2.45) is 0 Å². The zero-order valence-corrected chi connectivity index (χ0v) is 8.27. The Kier molecular flexibility index (Phi) is 2.87. The van der Waals surface area contributed by atoms with E-state index in [1.165, 1.54) is 12.1 Å². The minimum atomic E-state index is -0.165. The number of phenolic OH excluding ortho intramolecular Hbond substituents is 1. The third kappa shape index (κ3) is 2.47. The summed E-state index contributed by atoms with van der Waals surface area (Å²) < 4.78 is 5.15. The van der Waals surface area contributed by atoms with Gasteiger partial charge >= 0.3 is 0 Å². The SMILES string of the molecule is O=C(N[C@H]1CCOC1)c1cccc(O)c1. The molecule has 1 aromatic rings. The highest BCUT2D eigenvalue weighted by atomic mass is 16.5. The van der Waals surface area contributed by atoms with Crippen LogP contribution in [0.15, 0.2) is 24.3 Å². The third-order valence-electron chi connectivity index (χ3n) is 2.37. The van der Waals surface area contributed by atoms with E-state index < -0.39 is 0 Å². The van der Waals surface area contributed by atoms with Gasteiger partial charge in [0.15, 0.2) is 0 Å². The van der Waals surface area contributed by atoms with E-state index in [0.29, 0.717) is 18.8 Å². The van der Waals surface area contributed by atoms with E-state index in [-0.39, 0.29) is 17.7 Å². The summed E-state index contributed by atoms with van der Waals surface area (Å²) >= 11 is 0. The van der Waals surface area contributed by atoms with E-state index in [2.05, 4.69) is 5.32 Å². The summed E-state index contributed by atoms with van der Waals surface area (Å²) in [6.07, 6.45) is 0.852. The molecule has 0 bridgehead atoms. The summed E-state index contributed by atoms with van der Waals surface area (Å²) in [5, 5.41) is 12.1. The summed E-state index contributed by atoms with van der Waals surface area (Å²) in [6, 6.07) is 6.40.